The Kier molecular flexibility index (Phi) is 14.6. The van der Waals surface area contributed by atoms with Crippen LogP contribution in [0.4, 0.5) is 0 Å². The van der Waals surface area contributed by atoms with E-state index in [1.54, 1.807) is 35.3 Å². The molecule has 0 atom stereocenters. The average molecular weight is 319 g/mol. The van der Waals surface area contributed by atoms with Crippen LogP contribution in [0.25, 0.3) is 0 Å². The van der Waals surface area contributed by atoms with Crippen molar-refractivity contribution in [2.24, 2.45) is 15.0 Å². The lowest BCUT2D eigenvalue weighted by Crippen LogP contribution is -2.01. The summed E-state index contributed by atoms with van der Waals surface area (Å²) in [6, 6.07) is 0. The molecule has 0 aromatic rings. The molecule has 0 aliphatic carbocycles. The molecule has 0 spiro atoms. The van der Waals surface area contributed by atoms with E-state index in [-0.39, 0.29) is 3.91 Å². The zero-order valence-electron chi connectivity index (χ0n) is 10.1. The highest BCUT2D eigenvalue weighted by molar-refractivity contribution is 8.32. The van der Waals surface area contributed by atoms with Gasteiger partial charge in [0, 0.05) is 17.3 Å². The summed E-state index contributed by atoms with van der Waals surface area (Å²) in [7, 11) is 0. The standard InChI is InChI=1S/C10H13N3O3S3/c14-7-11-1-4-17-10(18-5-2-12-8-15)19-6-3-13-9-16/h10H,1-6H2. The number of hydrogen-bond acceptors (Lipinski definition) is 9. The number of thioether (sulfide) groups is 3. The first-order valence-corrected chi connectivity index (χ1v) is 8.45. The molecule has 0 aliphatic heterocycles. The minimum absolute atomic E-state index is 0.227. The van der Waals surface area contributed by atoms with Crippen molar-refractivity contribution in [3.63, 3.8) is 0 Å². The Labute approximate surface area is 124 Å². The molecule has 0 saturated heterocycles. The van der Waals surface area contributed by atoms with E-state index >= 15 is 0 Å². The summed E-state index contributed by atoms with van der Waals surface area (Å²) >= 11 is 4.95. The smallest absolute Gasteiger partial charge is 0.211 e. The summed E-state index contributed by atoms with van der Waals surface area (Å²) in [6.45, 7) is 1.31. The van der Waals surface area contributed by atoms with Gasteiger partial charge in [0.05, 0.1) is 23.5 Å². The Hall–Kier alpha value is -0.810. The number of carbonyl (C=O) groups excluding carboxylic acids is 3. The van der Waals surface area contributed by atoms with Gasteiger partial charge in [0.25, 0.3) is 0 Å². The molecule has 19 heavy (non-hydrogen) atoms. The fourth-order valence-corrected chi connectivity index (χ4v) is 4.92. The Balaban J connectivity index is 3.93. The van der Waals surface area contributed by atoms with Crippen LogP contribution in [0.1, 0.15) is 0 Å². The maximum atomic E-state index is 9.93. The molecule has 9 heteroatoms. The van der Waals surface area contributed by atoms with Gasteiger partial charge in [-0.25, -0.2) is 29.4 Å². The Morgan fingerprint density at radius 2 is 1.00 bits per heavy atom. The summed E-state index contributed by atoms with van der Waals surface area (Å²) in [5.41, 5.74) is 0. The molecule has 0 N–H and O–H groups in total. The molecular weight excluding hydrogens is 306 g/mol. The van der Waals surface area contributed by atoms with Gasteiger partial charge >= 0.3 is 0 Å². The van der Waals surface area contributed by atoms with Gasteiger partial charge in [0.15, 0.2) is 0 Å². The number of hydrogen-bond donors (Lipinski definition) is 0. The fourth-order valence-electron chi connectivity index (χ4n) is 0.865. The number of rotatable bonds is 12. The second-order valence-electron chi connectivity index (χ2n) is 2.82. The highest BCUT2D eigenvalue weighted by atomic mass is 32.3. The van der Waals surface area contributed by atoms with Gasteiger partial charge in [-0.3, -0.25) is 0 Å². The Morgan fingerprint density at radius 1 is 0.684 bits per heavy atom. The lowest BCUT2D eigenvalue weighted by atomic mass is 10.8. The lowest BCUT2D eigenvalue weighted by Gasteiger charge is -2.13. The minimum Gasteiger partial charge on any atom is -0.211 e. The van der Waals surface area contributed by atoms with Gasteiger partial charge in [0.2, 0.25) is 18.2 Å². The van der Waals surface area contributed by atoms with Gasteiger partial charge in [0.1, 0.15) is 0 Å². The normalized spacial score (nSPS) is 10.7. The van der Waals surface area contributed by atoms with Gasteiger partial charge in [-0.05, 0) is 0 Å². The topological polar surface area (TPSA) is 88.3 Å². The quantitative estimate of drug-likeness (QED) is 0.234. The molecule has 0 heterocycles. The SMILES string of the molecule is O=C=NCCSC(SCCN=C=O)SCCN=C=O. The summed E-state index contributed by atoms with van der Waals surface area (Å²) in [5, 5.41) is 0. The van der Waals surface area contributed by atoms with Gasteiger partial charge in [-0.15, -0.1) is 35.3 Å². The average Bonchev–Trinajstić information content (AvgIpc) is 2.43. The zero-order chi connectivity index (χ0) is 14.2. The van der Waals surface area contributed by atoms with Crippen LogP contribution < -0.4 is 0 Å². The van der Waals surface area contributed by atoms with Crippen LogP contribution in [0.2, 0.25) is 0 Å². The number of aliphatic imine (C=N–C) groups is 3. The van der Waals surface area contributed by atoms with Crippen molar-refractivity contribution in [2.75, 3.05) is 36.9 Å². The second-order valence-corrected chi connectivity index (χ2v) is 7.35. The van der Waals surface area contributed by atoms with Crippen molar-refractivity contribution >= 4 is 53.5 Å². The van der Waals surface area contributed by atoms with Crippen molar-refractivity contribution in [1.82, 2.24) is 0 Å². The molecule has 0 rings (SSSR count). The molecule has 0 unspecified atom stereocenters. The van der Waals surface area contributed by atoms with E-state index in [1.165, 1.54) is 18.2 Å². The molecule has 0 saturated carbocycles. The highest BCUT2D eigenvalue weighted by Gasteiger charge is 2.09. The molecule has 0 aromatic heterocycles. The molecule has 0 radical (unpaired) electrons. The van der Waals surface area contributed by atoms with Crippen LogP contribution in [0.3, 0.4) is 0 Å². The summed E-state index contributed by atoms with van der Waals surface area (Å²) in [4.78, 5) is 40.2. The van der Waals surface area contributed by atoms with Crippen molar-refractivity contribution in [3.8, 4) is 0 Å². The molecule has 0 fully saturated rings. The minimum atomic E-state index is 0.227. The molecule has 104 valence electrons. The van der Waals surface area contributed by atoms with E-state index in [2.05, 4.69) is 15.0 Å². The predicted octanol–water partition coefficient (Wildman–Crippen LogP) is 1.48. The molecule has 0 amide bonds. The van der Waals surface area contributed by atoms with Crippen LogP contribution in [-0.2, 0) is 14.4 Å². The first-order chi connectivity index (χ1) is 9.35. The van der Waals surface area contributed by atoms with E-state index in [4.69, 9.17) is 0 Å². The van der Waals surface area contributed by atoms with Crippen LogP contribution >= 0.6 is 35.3 Å². The van der Waals surface area contributed by atoms with Crippen LogP contribution in [0.15, 0.2) is 15.0 Å². The molecule has 6 nitrogen and oxygen atoms in total. The fraction of sp³-hybridized carbons (Fsp3) is 0.700. The molecular formula is C10H13N3O3S3. The molecule has 0 aromatic carbocycles. The van der Waals surface area contributed by atoms with E-state index in [1.807, 2.05) is 0 Å². The molecule has 0 bridgehead atoms. The third kappa shape index (κ3) is 13.4. The molecule has 0 aliphatic rings. The second kappa shape index (κ2) is 15.2. The van der Waals surface area contributed by atoms with E-state index in [0.29, 0.717) is 36.9 Å². The van der Waals surface area contributed by atoms with E-state index < -0.39 is 0 Å². The Bertz CT molecular complexity index is 318. The summed E-state index contributed by atoms with van der Waals surface area (Å²) in [6.07, 6.45) is 4.48. The third-order valence-corrected chi connectivity index (χ3v) is 6.09. The largest absolute Gasteiger partial charge is 0.234 e. The lowest BCUT2D eigenvalue weighted by molar-refractivity contribution is 0.562. The number of isocyanates is 3. The van der Waals surface area contributed by atoms with Crippen LogP contribution in [0, 0.1) is 0 Å². The van der Waals surface area contributed by atoms with Crippen molar-refractivity contribution in [1.29, 1.82) is 0 Å². The first-order valence-electron chi connectivity index (χ1n) is 5.31. The Morgan fingerprint density at radius 3 is 1.26 bits per heavy atom. The maximum Gasteiger partial charge on any atom is 0.234 e. The maximum absolute atomic E-state index is 9.93. The first kappa shape index (κ1) is 18.2. The summed E-state index contributed by atoms with van der Waals surface area (Å²) < 4.78 is 0.227. The zero-order valence-corrected chi connectivity index (χ0v) is 12.6. The van der Waals surface area contributed by atoms with Gasteiger partial charge in [-0.2, -0.15) is 0 Å². The van der Waals surface area contributed by atoms with Crippen LogP contribution in [-0.4, -0.2) is 59.0 Å². The van der Waals surface area contributed by atoms with Gasteiger partial charge < -0.3 is 0 Å². The van der Waals surface area contributed by atoms with E-state index in [0.717, 1.165) is 0 Å². The predicted molar refractivity (Wildman–Crippen MR) is 80.1 cm³/mol. The van der Waals surface area contributed by atoms with E-state index in [9.17, 15) is 14.4 Å². The summed E-state index contributed by atoms with van der Waals surface area (Å²) in [5.74, 6) is 2.15. The monoisotopic (exact) mass is 319 g/mol. The van der Waals surface area contributed by atoms with Crippen LogP contribution in [0.5, 0.6) is 0 Å². The van der Waals surface area contributed by atoms with Crippen molar-refractivity contribution < 1.29 is 14.4 Å². The van der Waals surface area contributed by atoms with Gasteiger partial charge in [-0.1, -0.05) is 0 Å². The highest BCUT2D eigenvalue weighted by Crippen LogP contribution is 2.33. The van der Waals surface area contributed by atoms with Crippen molar-refractivity contribution in [3.05, 3.63) is 0 Å². The third-order valence-electron chi connectivity index (χ3n) is 1.56. The van der Waals surface area contributed by atoms with Crippen molar-refractivity contribution in [2.45, 2.75) is 3.91 Å². The number of nitrogens with zero attached hydrogens (tertiary/aromatic N) is 3.